The fourth-order valence-corrected chi connectivity index (χ4v) is 0.677. The molecule has 2 N–H and O–H groups in total. The molecule has 0 aromatic carbocycles. The number of primary amides is 1. The van der Waals surface area contributed by atoms with Crippen LogP contribution in [0.25, 0.3) is 0 Å². The van der Waals surface area contributed by atoms with Gasteiger partial charge in [0.05, 0.1) is 0 Å². The third kappa shape index (κ3) is 22.7. The lowest BCUT2D eigenvalue weighted by Gasteiger charge is -1.90. The Morgan fingerprint density at radius 3 is 1.50 bits per heavy atom. The molecule has 0 radical (unpaired) electrons. The Balaban J connectivity index is 0. The molecule has 1 amide bonds. The number of hydrogen-bond acceptors (Lipinski definition) is 1. The Labute approximate surface area is 76.5 Å². The van der Waals surface area contributed by atoms with Gasteiger partial charge in [-0.2, -0.15) is 0 Å². The van der Waals surface area contributed by atoms with Gasteiger partial charge in [0.15, 0.2) is 0 Å². The summed E-state index contributed by atoms with van der Waals surface area (Å²) in [4.78, 5) is 9.59. The van der Waals surface area contributed by atoms with Crippen molar-refractivity contribution in [1.82, 2.24) is 0 Å². The molecule has 2 heteroatoms. The van der Waals surface area contributed by atoms with Crippen molar-refractivity contribution in [3.63, 3.8) is 0 Å². The maximum atomic E-state index is 9.59. The minimum absolute atomic E-state index is 0.245. The molecule has 2 nitrogen and oxygen atoms in total. The monoisotopic (exact) mass is 173 g/mol. The van der Waals surface area contributed by atoms with E-state index in [1.807, 2.05) is 0 Å². The zero-order valence-electron chi connectivity index (χ0n) is 8.73. The molecule has 0 aromatic rings. The first-order chi connectivity index (χ1) is 5.68. The molecule has 0 saturated heterocycles. The summed E-state index contributed by atoms with van der Waals surface area (Å²) >= 11 is 0. The third-order valence-corrected chi connectivity index (χ3v) is 1.56. The first-order valence-electron chi connectivity index (χ1n) is 4.97. The summed E-state index contributed by atoms with van der Waals surface area (Å²) in [5, 5.41) is 0. The Kier molecular flexibility index (Phi) is 15.3. The van der Waals surface area contributed by atoms with Gasteiger partial charge < -0.3 is 5.73 Å². The molecule has 0 aliphatic heterocycles. The van der Waals surface area contributed by atoms with Crippen molar-refractivity contribution in [2.75, 3.05) is 0 Å². The maximum Gasteiger partial charge on any atom is 0.217 e. The van der Waals surface area contributed by atoms with Crippen LogP contribution in [-0.2, 0) is 4.79 Å². The van der Waals surface area contributed by atoms with Gasteiger partial charge in [-0.1, -0.05) is 52.9 Å². The van der Waals surface area contributed by atoms with Crippen molar-refractivity contribution in [1.29, 1.82) is 0 Å². The molecule has 0 spiro atoms. The first-order valence-corrected chi connectivity index (χ1v) is 4.97. The minimum atomic E-state index is -0.245. The van der Waals surface area contributed by atoms with Gasteiger partial charge in [0, 0.05) is 6.42 Å². The van der Waals surface area contributed by atoms with Crippen molar-refractivity contribution in [2.45, 2.75) is 59.3 Å². The van der Waals surface area contributed by atoms with Crippen molar-refractivity contribution in [2.24, 2.45) is 5.73 Å². The van der Waals surface area contributed by atoms with Crippen LogP contribution in [-0.4, -0.2) is 5.91 Å². The number of nitrogens with two attached hydrogens (primary N) is 1. The summed E-state index contributed by atoms with van der Waals surface area (Å²) in [5.74, 6) is -0.245. The molecule has 12 heavy (non-hydrogen) atoms. The molecular weight excluding hydrogens is 150 g/mol. The highest BCUT2D eigenvalue weighted by molar-refractivity contribution is 5.73. The van der Waals surface area contributed by atoms with Gasteiger partial charge in [-0.05, 0) is 0 Å². The number of carbonyl (C=O) groups is 1. The molecule has 74 valence electrons. The molecule has 0 bridgehead atoms. The molecule has 0 saturated carbocycles. The molecule has 0 unspecified atom stereocenters. The fourth-order valence-electron chi connectivity index (χ4n) is 0.677. The van der Waals surface area contributed by atoms with E-state index in [2.05, 4.69) is 19.6 Å². The van der Waals surface area contributed by atoms with Crippen LogP contribution < -0.4 is 5.73 Å². The first kappa shape index (κ1) is 14.0. The highest BCUT2D eigenvalue weighted by Gasteiger charge is 1.80. The predicted octanol–water partition coefficient (Wildman–Crippen LogP) is 2.86. The number of unbranched alkanes of at least 4 members (excludes halogenated alkanes) is 4. The van der Waals surface area contributed by atoms with Gasteiger partial charge in [-0.15, -0.1) is 0 Å². The Morgan fingerprint density at radius 2 is 1.33 bits per heavy atom. The van der Waals surface area contributed by atoms with Crippen LogP contribution in [0.1, 0.15) is 59.3 Å². The van der Waals surface area contributed by atoms with Crippen LogP contribution in [0.2, 0.25) is 0 Å². The van der Waals surface area contributed by atoms with Crippen LogP contribution in [0.3, 0.4) is 0 Å². The molecule has 0 rings (SSSR count). The van der Waals surface area contributed by atoms with Crippen LogP contribution in [0, 0.1) is 0 Å². The molecule has 0 heterocycles. The van der Waals surface area contributed by atoms with Crippen LogP contribution >= 0.6 is 0 Å². The van der Waals surface area contributed by atoms with E-state index >= 15 is 0 Å². The standard InChI is InChI=1S/C7H16.C3H7NO/c1-3-5-7-6-4-2;1-2-3(4)5/h3-7H2,1-2H3;2H2,1H3,(H2,4,5). The number of rotatable bonds is 5. The predicted molar refractivity (Wildman–Crippen MR) is 53.9 cm³/mol. The van der Waals surface area contributed by atoms with E-state index in [-0.39, 0.29) is 5.91 Å². The molecule has 0 aliphatic carbocycles. The van der Waals surface area contributed by atoms with Gasteiger partial charge >= 0.3 is 0 Å². The molecular formula is C10H23NO. The van der Waals surface area contributed by atoms with Gasteiger partial charge in [0.2, 0.25) is 5.91 Å². The summed E-state index contributed by atoms with van der Waals surface area (Å²) in [6, 6.07) is 0. The highest BCUT2D eigenvalue weighted by Crippen LogP contribution is 2.00. The lowest BCUT2D eigenvalue weighted by Crippen LogP contribution is -2.06. The topological polar surface area (TPSA) is 43.1 Å². The van der Waals surface area contributed by atoms with E-state index in [1.54, 1.807) is 6.92 Å². The van der Waals surface area contributed by atoms with E-state index in [0.29, 0.717) is 6.42 Å². The summed E-state index contributed by atoms with van der Waals surface area (Å²) < 4.78 is 0. The summed E-state index contributed by atoms with van der Waals surface area (Å²) in [5.41, 5.74) is 4.65. The second-order valence-electron chi connectivity index (χ2n) is 2.88. The summed E-state index contributed by atoms with van der Waals surface area (Å²) in [6.45, 7) is 6.22. The lowest BCUT2D eigenvalue weighted by molar-refractivity contribution is -0.117. The van der Waals surface area contributed by atoms with Gasteiger partial charge in [-0.25, -0.2) is 0 Å². The van der Waals surface area contributed by atoms with Crippen molar-refractivity contribution >= 4 is 5.91 Å². The van der Waals surface area contributed by atoms with E-state index in [9.17, 15) is 4.79 Å². The maximum absolute atomic E-state index is 9.59. The highest BCUT2D eigenvalue weighted by atomic mass is 16.1. The Hall–Kier alpha value is -0.530. The van der Waals surface area contributed by atoms with Crippen LogP contribution in [0.4, 0.5) is 0 Å². The number of carbonyl (C=O) groups excluding carboxylic acids is 1. The second kappa shape index (κ2) is 13.1. The van der Waals surface area contributed by atoms with E-state index in [0.717, 1.165) is 0 Å². The minimum Gasteiger partial charge on any atom is -0.370 e. The second-order valence-corrected chi connectivity index (χ2v) is 2.88. The van der Waals surface area contributed by atoms with Gasteiger partial charge in [0.1, 0.15) is 0 Å². The molecule has 0 aromatic heterocycles. The largest absolute Gasteiger partial charge is 0.370 e. The van der Waals surface area contributed by atoms with E-state index in [4.69, 9.17) is 0 Å². The fraction of sp³-hybridized carbons (Fsp3) is 0.900. The Bertz CT molecular complexity index is 87.8. The smallest absolute Gasteiger partial charge is 0.217 e. The van der Waals surface area contributed by atoms with Crippen molar-refractivity contribution in [3.05, 3.63) is 0 Å². The summed E-state index contributed by atoms with van der Waals surface area (Å²) in [7, 11) is 0. The Morgan fingerprint density at radius 1 is 1.00 bits per heavy atom. The third-order valence-electron chi connectivity index (χ3n) is 1.56. The van der Waals surface area contributed by atoms with E-state index in [1.165, 1.54) is 32.1 Å². The number of amides is 1. The molecule has 0 atom stereocenters. The van der Waals surface area contributed by atoms with E-state index < -0.39 is 0 Å². The summed E-state index contributed by atoms with van der Waals surface area (Å²) in [6.07, 6.45) is 7.45. The van der Waals surface area contributed by atoms with Crippen LogP contribution in [0.15, 0.2) is 0 Å². The van der Waals surface area contributed by atoms with Crippen LogP contribution in [0.5, 0.6) is 0 Å². The SMILES string of the molecule is CCC(N)=O.CCCCCCC. The molecule has 0 aliphatic rings. The number of hydrogen-bond donors (Lipinski definition) is 1. The zero-order chi connectivity index (χ0) is 9.82. The molecule has 0 fully saturated rings. The van der Waals surface area contributed by atoms with Crippen molar-refractivity contribution < 1.29 is 4.79 Å². The van der Waals surface area contributed by atoms with Gasteiger partial charge in [-0.3, -0.25) is 4.79 Å². The lowest BCUT2D eigenvalue weighted by atomic mass is 10.2. The average molecular weight is 173 g/mol. The van der Waals surface area contributed by atoms with Crippen molar-refractivity contribution in [3.8, 4) is 0 Å². The van der Waals surface area contributed by atoms with Gasteiger partial charge in [0.25, 0.3) is 0 Å². The quantitative estimate of drug-likeness (QED) is 0.638. The zero-order valence-corrected chi connectivity index (χ0v) is 8.73. The average Bonchev–Trinajstić information content (AvgIpc) is 2.07. The normalized spacial score (nSPS) is 8.58.